The number of carbonyl (C=O) groups excluding carboxylic acids is 1. The van der Waals surface area contributed by atoms with Crippen LogP contribution in [-0.4, -0.2) is 32.2 Å². The number of hydrogen-bond donors (Lipinski definition) is 1. The molecule has 0 radical (unpaired) electrons. The van der Waals surface area contributed by atoms with Crippen molar-refractivity contribution in [2.75, 3.05) is 31.0 Å². The van der Waals surface area contributed by atoms with Crippen LogP contribution in [0.4, 0.5) is 11.4 Å². The number of ether oxygens (including phenoxy) is 2. The fourth-order valence-electron chi connectivity index (χ4n) is 2.26. The average Bonchev–Trinajstić information content (AvgIpc) is 2.42. The molecular weight excluding hydrogens is 258 g/mol. The van der Waals surface area contributed by atoms with E-state index < -0.39 is 5.54 Å². The van der Waals surface area contributed by atoms with Crippen LogP contribution < -0.4 is 19.7 Å². The second kappa shape index (κ2) is 4.93. The van der Waals surface area contributed by atoms with Crippen molar-refractivity contribution in [2.24, 2.45) is 0 Å². The zero-order chi connectivity index (χ0) is 14.9. The third kappa shape index (κ3) is 2.11. The molecule has 0 saturated heterocycles. The van der Waals surface area contributed by atoms with E-state index in [-0.39, 0.29) is 12.5 Å². The van der Waals surface area contributed by atoms with Crippen molar-refractivity contribution in [2.45, 2.75) is 19.4 Å². The Morgan fingerprint density at radius 3 is 2.45 bits per heavy atom. The molecule has 0 spiro atoms. The highest BCUT2D eigenvalue weighted by Gasteiger charge is 2.39. The molecule has 1 aromatic rings. The predicted molar refractivity (Wildman–Crippen MR) is 75.2 cm³/mol. The van der Waals surface area contributed by atoms with E-state index in [9.17, 15) is 4.79 Å². The first kappa shape index (κ1) is 14.0. The maximum Gasteiger partial charge on any atom is 0.253 e. The van der Waals surface area contributed by atoms with Crippen LogP contribution in [0.25, 0.3) is 0 Å². The molecule has 1 N–H and O–H groups in total. The fourth-order valence-corrected chi connectivity index (χ4v) is 2.26. The summed E-state index contributed by atoms with van der Waals surface area (Å²) in [6.07, 6.45) is 0. The van der Waals surface area contributed by atoms with E-state index >= 15 is 0 Å². The molecule has 0 aromatic heterocycles. The fraction of sp³-hybridized carbons (Fsp3) is 0.429. The standard InChI is InChI=1S/C14H17N3O3/c1-14(2)13(18)17(6-5-15)10-8-12(20-4)11(19-3)7-9(10)16-14/h7-8,16H,6H2,1-4H3. The maximum absolute atomic E-state index is 12.4. The molecule has 0 unspecified atom stereocenters. The Labute approximate surface area is 117 Å². The van der Waals surface area contributed by atoms with E-state index in [2.05, 4.69) is 5.32 Å². The molecule has 0 fully saturated rings. The van der Waals surface area contributed by atoms with Gasteiger partial charge in [-0.05, 0) is 13.8 Å². The Bertz CT molecular complexity index is 590. The molecule has 6 heteroatoms. The third-order valence-corrected chi connectivity index (χ3v) is 3.25. The van der Waals surface area contributed by atoms with Gasteiger partial charge in [0.2, 0.25) is 0 Å². The summed E-state index contributed by atoms with van der Waals surface area (Å²) in [5.74, 6) is 0.933. The minimum Gasteiger partial charge on any atom is -0.493 e. The third-order valence-electron chi connectivity index (χ3n) is 3.25. The predicted octanol–water partition coefficient (Wildman–Crippen LogP) is 1.76. The molecule has 6 nitrogen and oxygen atoms in total. The summed E-state index contributed by atoms with van der Waals surface area (Å²) in [4.78, 5) is 13.8. The van der Waals surface area contributed by atoms with E-state index in [4.69, 9.17) is 14.7 Å². The van der Waals surface area contributed by atoms with E-state index in [0.29, 0.717) is 17.2 Å². The summed E-state index contributed by atoms with van der Waals surface area (Å²) >= 11 is 0. The summed E-state index contributed by atoms with van der Waals surface area (Å²) in [5.41, 5.74) is 0.583. The lowest BCUT2D eigenvalue weighted by molar-refractivity contribution is -0.122. The van der Waals surface area contributed by atoms with Gasteiger partial charge in [0.05, 0.1) is 31.7 Å². The number of fused-ring (bicyclic) bond motifs is 1. The lowest BCUT2D eigenvalue weighted by Crippen LogP contribution is -2.54. The van der Waals surface area contributed by atoms with Gasteiger partial charge in [-0.2, -0.15) is 5.26 Å². The van der Waals surface area contributed by atoms with Crippen molar-refractivity contribution in [1.82, 2.24) is 0 Å². The number of nitrogens with one attached hydrogen (secondary N) is 1. The molecule has 0 aliphatic carbocycles. The van der Waals surface area contributed by atoms with Crippen molar-refractivity contribution >= 4 is 17.3 Å². The highest BCUT2D eigenvalue weighted by molar-refractivity contribution is 6.08. The summed E-state index contributed by atoms with van der Waals surface area (Å²) in [7, 11) is 3.08. The van der Waals surface area contributed by atoms with Gasteiger partial charge in [0.15, 0.2) is 11.5 Å². The van der Waals surface area contributed by atoms with Gasteiger partial charge in [0.1, 0.15) is 12.1 Å². The molecule has 0 atom stereocenters. The SMILES string of the molecule is COc1cc2c(cc1OC)N(CC#N)C(=O)C(C)(C)N2. The summed E-state index contributed by atoms with van der Waals surface area (Å²) in [5, 5.41) is 12.1. The molecule has 1 aromatic carbocycles. The molecule has 1 aliphatic rings. The van der Waals surface area contributed by atoms with Gasteiger partial charge in [0, 0.05) is 12.1 Å². The van der Waals surface area contributed by atoms with Gasteiger partial charge in [-0.1, -0.05) is 0 Å². The molecule has 106 valence electrons. The number of anilines is 2. The van der Waals surface area contributed by atoms with Crippen LogP contribution in [0.1, 0.15) is 13.8 Å². The first-order chi connectivity index (χ1) is 9.44. The Morgan fingerprint density at radius 2 is 1.90 bits per heavy atom. The molecule has 1 amide bonds. The Morgan fingerprint density at radius 1 is 1.30 bits per heavy atom. The smallest absolute Gasteiger partial charge is 0.253 e. The quantitative estimate of drug-likeness (QED) is 0.851. The molecule has 1 aliphatic heterocycles. The van der Waals surface area contributed by atoms with Crippen molar-refractivity contribution in [3.8, 4) is 17.6 Å². The van der Waals surface area contributed by atoms with Crippen LogP contribution in [0.5, 0.6) is 11.5 Å². The molecule has 1 heterocycles. The Balaban J connectivity index is 2.61. The van der Waals surface area contributed by atoms with Crippen LogP contribution >= 0.6 is 0 Å². The van der Waals surface area contributed by atoms with Gasteiger partial charge in [-0.25, -0.2) is 0 Å². The molecular formula is C14H17N3O3. The zero-order valence-corrected chi connectivity index (χ0v) is 12.0. The minimum atomic E-state index is -0.774. The van der Waals surface area contributed by atoms with Gasteiger partial charge in [-0.15, -0.1) is 0 Å². The molecule has 0 saturated carbocycles. The normalized spacial score (nSPS) is 15.9. The van der Waals surface area contributed by atoms with Crippen molar-refractivity contribution in [3.05, 3.63) is 12.1 Å². The van der Waals surface area contributed by atoms with Crippen LogP contribution in [0, 0.1) is 11.3 Å². The number of carbonyl (C=O) groups is 1. The minimum absolute atomic E-state index is 0.00751. The lowest BCUT2D eigenvalue weighted by atomic mass is 9.98. The highest BCUT2D eigenvalue weighted by atomic mass is 16.5. The summed E-state index contributed by atoms with van der Waals surface area (Å²) < 4.78 is 10.5. The molecule has 0 bridgehead atoms. The summed E-state index contributed by atoms with van der Waals surface area (Å²) in [6, 6.07) is 5.49. The van der Waals surface area contributed by atoms with E-state index in [1.54, 1.807) is 33.1 Å². The number of methoxy groups -OCH3 is 2. The Kier molecular flexibility index (Phi) is 3.45. The Hall–Kier alpha value is -2.42. The monoisotopic (exact) mass is 275 g/mol. The number of nitriles is 1. The molecule has 20 heavy (non-hydrogen) atoms. The lowest BCUT2D eigenvalue weighted by Gasteiger charge is -2.39. The topological polar surface area (TPSA) is 74.6 Å². The van der Waals surface area contributed by atoms with Crippen LogP contribution in [0.3, 0.4) is 0 Å². The first-order valence-electron chi connectivity index (χ1n) is 6.17. The number of nitrogens with zero attached hydrogens (tertiary/aromatic N) is 2. The van der Waals surface area contributed by atoms with Crippen LogP contribution in [0.2, 0.25) is 0 Å². The second-order valence-electron chi connectivity index (χ2n) is 5.02. The van der Waals surface area contributed by atoms with Crippen molar-refractivity contribution in [1.29, 1.82) is 5.26 Å². The first-order valence-corrected chi connectivity index (χ1v) is 6.17. The van der Waals surface area contributed by atoms with Gasteiger partial charge < -0.3 is 14.8 Å². The van der Waals surface area contributed by atoms with Gasteiger partial charge >= 0.3 is 0 Å². The van der Waals surface area contributed by atoms with E-state index in [1.807, 2.05) is 6.07 Å². The van der Waals surface area contributed by atoms with Gasteiger partial charge in [-0.3, -0.25) is 9.69 Å². The van der Waals surface area contributed by atoms with Crippen LogP contribution in [0.15, 0.2) is 12.1 Å². The highest BCUT2D eigenvalue weighted by Crippen LogP contribution is 2.42. The number of amides is 1. The van der Waals surface area contributed by atoms with Crippen molar-refractivity contribution < 1.29 is 14.3 Å². The zero-order valence-electron chi connectivity index (χ0n) is 12.0. The number of hydrogen-bond acceptors (Lipinski definition) is 5. The van der Waals surface area contributed by atoms with Crippen molar-refractivity contribution in [3.63, 3.8) is 0 Å². The number of rotatable bonds is 3. The largest absolute Gasteiger partial charge is 0.493 e. The maximum atomic E-state index is 12.4. The average molecular weight is 275 g/mol. The van der Waals surface area contributed by atoms with E-state index in [0.717, 1.165) is 5.69 Å². The second-order valence-corrected chi connectivity index (χ2v) is 5.02. The van der Waals surface area contributed by atoms with Gasteiger partial charge in [0.25, 0.3) is 5.91 Å². The summed E-state index contributed by atoms with van der Waals surface area (Å²) in [6.45, 7) is 3.55. The van der Waals surface area contributed by atoms with E-state index in [1.165, 1.54) is 12.0 Å². The van der Waals surface area contributed by atoms with Crippen LogP contribution in [-0.2, 0) is 4.79 Å². The molecule has 2 rings (SSSR count). The number of benzene rings is 1.